The molecule has 0 bridgehead atoms. The first-order valence-electron chi connectivity index (χ1n) is 10.3. The van der Waals surface area contributed by atoms with Crippen LogP contribution in [0, 0.1) is 0 Å². The molecule has 3 aromatic rings. The molecule has 0 radical (unpaired) electrons. The Kier molecular flexibility index (Phi) is 5.64. The summed E-state index contributed by atoms with van der Waals surface area (Å²) in [4.78, 5) is 33.9. The molecule has 4 rings (SSSR count). The van der Waals surface area contributed by atoms with Crippen LogP contribution in [0.5, 0.6) is 0 Å². The Bertz CT molecular complexity index is 1230. The van der Waals surface area contributed by atoms with Crippen molar-refractivity contribution in [1.82, 2.24) is 19.5 Å². The Morgan fingerprint density at radius 1 is 1.25 bits per heavy atom. The van der Waals surface area contributed by atoms with Crippen molar-refractivity contribution in [1.29, 1.82) is 0 Å². The summed E-state index contributed by atoms with van der Waals surface area (Å²) in [6.07, 6.45) is 1.36. The number of aromatic nitrogens is 3. The van der Waals surface area contributed by atoms with Gasteiger partial charge in [0.2, 0.25) is 4.96 Å². The molecule has 2 aromatic heterocycles. The van der Waals surface area contributed by atoms with Gasteiger partial charge in [-0.2, -0.15) is 9.61 Å². The maximum Gasteiger partial charge on any atom is 0.410 e. The maximum absolute atomic E-state index is 12.7. The van der Waals surface area contributed by atoms with Gasteiger partial charge in [0, 0.05) is 49.1 Å². The van der Waals surface area contributed by atoms with Gasteiger partial charge in [0.15, 0.2) is 0 Å². The van der Waals surface area contributed by atoms with Crippen LogP contribution in [0.3, 0.4) is 0 Å². The smallest absolute Gasteiger partial charge is 0.410 e. The Labute approximate surface area is 189 Å². The van der Waals surface area contributed by atoms with E-state index in [1.165, 1.54) is 21.9 Å². The van der Waals surface area contributed by atoms with Crippen LogP contribution >= 0.6 is 11.3 Å². The van der Waals surface area contributed by atoms with Gasteiger partial charge in [-0.25, -0.2) is 9.78 Å². The summed E-state index contributed by atoms with van der Waals surface area (Å²) in [5.74, 6) is 0.575. The largest absolute Gasteiger partial charge is 0.444 e. The van der Waals surface area contributed by atoms with E-state index in [9.17, 15) is 9.59 Å². The molecular weight excluding hydrogens is 428 g/mol. The summed E-state index contributed by atoms with van der Waals surface area (Å²) in [7, 11) is 0. The second-order valence-electron chi connectivity index (χ2n) is 8.52. The van der Waals surface area contributed by atoms with E-state index in [0.29, 0.717) is 47.7 Å². The molecule has 9 nitrogen and oxygen atoms in total. The zero-order valence-electron chi connectivity index (χ0n) is 18.4. The molecule has 1 aliphatic rings. The van der Waals surface area contributed by atoms with Crippen molar-refractivity contribution in [3.63, 3.8) is 0 Å². The zero-order chi connectivity index (χ0) is 23.0. The van der Waals surface area contributed by atoms with Crippen LogP contribution in [0.1, 0.15) is 26.3 Å². The number of hydrogen-bond acceptors (Lipinski definition) is 8. The molecule has 3 heterocycles. The van der Waals surface area contributed by atoms with E-state index in [-0.39, 0.29) is 11.7 Å². The third-order valence-corrected chi connectivity index (χ3v) is 6.00. The molecule has 2 N–H and O–H groups in total. The van der Waals surface area contributed by atoms with Crippen LogP contribution in [0.2, 0.25) is 0 Å². The van der Waals surface area contributed by atoms with Crippen molar-refractivity contribution in [3.05, 3.63) is 46.8 Å². The monoisotopic (exact) mass is 454 g/mol. The van der Waals surface area contributed by atoms with Crippen molar-refractivity contribution < 1.29 is 9.53 Å². The van der Waals surface area contributed by atoms with Crippen LogP contribution in [-0.4, -0.2) is 57.4 Å². The van der Waals surface area contributed by atoms with Crippen molar-refractivity contribution in [2.24, 2.45) is 0 Å². The highest BCUT2D eigenvalue weighted by Crippen LogP contribution is 2.31. The third-order valence-electron chi connectivity index (χ3n) is 5.06. The fourth-order valence-electron chi connectivity index (χ4n) is 3.51. The van der Waals surface area contributed by atoms with Gasteiger partial charge in [-0.15, -0.1) is 0 Å². The Hall–Kier alpha value is -3.40. The van der Waals surface area contributed by atoms with Crippen molar-refractivity contribution in [3.8, 4) is 10.6 Å². The minimum atomic E-state index is -0.533. The van der Waals surface area contributed by atoms with Crippen LogP contribution in [0.25, 0.3) is 21.6 Å². The lowest BCUT2D eigenvalue weighted by Crippen LogP contribution is -2.50. The molecule has 1 aliphatic heterocycles. The molecule has 1 fully saturated rings. The summed E-state index contributed by atoms with van der Waals surface area (Å²) in [6, 6.07) is 7.02. The number of rotatable bonds is 3. The Balaban J connectivity index is 1.57. The fraction of sp³-hybridized carbons (Fsp3) is 0.364. The van der Waals surface area contributed by atoms with E-state index in [4.69, 9.17) is 10.5 Å². The van der Waals surface area contributed by atoms with Crippen molar-refractivity contribution >= 4 is 40.0 Å². The summed E-state index contributed by atoms with van der Waals surface area (Å²) < 4.78 is 6.75. The Morgan fingerprint density at radius 2 is 1.97 bits per heavy atom. The minimum Gasteiger partial charge on any atom is -0.444 e. The van der Waals surface area contributed by atoms with E-state index < -0.39 is 5.60 Å². The van der Waals surface area contributed by atoms with Gasteiger partial charge >= 0.3 is 6.09 Å². The summed E-state index contributed by atoms with van der Waals surface area (Å²) >= 11 is 1.32. The number of nitrogens with two attached hydrogens (primary N) is 1. The lowest BCUT2D eigenvalue weighted by atomic mass is 10.1. The molecule has 0 saturated carbocycles. The molecule has 10 heteroatoms. The van der Waals surface area contributed by atoms with Gasteiger partial charge < -0.3 is 20.3 Å². The average Bonchev–Trinajstić information content (AvgIpc) is 3.17. The van der Waals surface area contributed by atoms with E-state index in [0.717, 1.165) is 11.1 Å². The quantitative estimate of drug-likeness (QED) is 0.606. The SMILES string of the molecule is C=Cc1c(N)cccc1-c1nn2c(=O)cc(N3CCN(C(=O)OC(C)(C)C)CC3)nc2s1. The van der Waals surface area contributed by atoms with E-state index in [1.54, 1.807) is 17.0 Å². The first kappa shape index (κ1) is 21.8. The first-order valence-corrected chi connectivity index (χ1v) is 11.1. The molecule has 0 aliphatic carbocycles. The number of carbonyl (C=O) groups excluding carboxylic acids is 1. The minimum absolute atomic E-state index is 0.258. The molecule has 1 saturated heterocycles. The number of amides is 1. The molecule has 0 atom stereocenters. The van der Waals surface area contributed by atoms with Crippen LogP contribution in [0.4, 0.5) is 16.3 Å². The van der Waals surface area contributed by atoms with Gasteiger partial charge in [0.1, 0.15) is 16.4 Å². The highest BCUT2D eigenvalue weighted by Gasteiger charge is 2.27. The number of carbonyl (C=O) groups is 1. The average molecular weight is 455 g/mol. The van der Waals surface area contributed by atoms with Gasteiger partial charge in [-0.05, 0) is 26.8 Å². The van der Waals surface area contributed by atoms with Crippen LogP contribution < -0.4 is 16.2 Å². The van der Waals surface area contributed by atoms with Gasteiger partial charge in [0.25, 0.3) is 5.56 Å². The number of nitrogen functional groups attached to an aromatic ring is 1. The molecule has 168 valence electrons. The third kappa shape index (κ3) is 4.31. The molecular formula is C22H26N6O3S. The molecule has 0 spiro atoms. The summed E-state index contributed by atoms with van der Waals surface area (Å²) in [5, 5.41) is 5.10. The molecule has 32 heavy (non-hydrogen) atoms. The number of benzene rings is 1. The molecule has 0 unspecified atom stereocenters. The lowest BCUT2D eigenvalue weighted by Gasteiger charge is -2.36. The van der Waals surface area contributed by atoms with E-state index in [1.807, 2.05) is 37.8 Å². The number of hydrogen-bond donors (Lipinski definition) is 1. The van der Waals surface area contributed by atoms with Crippen molar-refractivity contribution in [2.75, 3.05) is 36.8 Å². The highest BCUT2D eigenvalue weighted by atomic mass is 32.1. The standard InChI is InChI=1S/C22H26N6O3S/c1-5-14-15(7-6-8-16(14)23)19-25-28-18(29)13-17(24-20(28)32-19)26-9-11-27(12-10-26)21(30)31-22(2,3)4/h5-8,13H,1,9-12,23H2,2-4H3. The normalized spacial score (nSPS) is 14.6. The summed E-state index contributed by atoms with van der Waals surface area (Å²) in [6.45, 7) is 11.5. The van der Waals surface area contributed by atoms with Gasteiger partial charge in [-0.1, -0.05) is 36.1 Å². The second kappa shape index (κ2) is 8.27. The fourth-order valence-corrected chi connectivity index (χ4v) is 4.45. The van der Waals surface area contributed by atoms with Crippen molar-refractivity contribution in [2.45, 2.75) is 26.4 Å². The lowest BCUT2D eigenvalue weighted by molar-refractivity contribution is 0.0240. The van der Waals surface area contributed by atoms with Gasteiger partial charge in [0.05, 0.1) is 0 Å². The number of piperazine rings is 1. The number of fused-ring (bicyclic) bond motifs is 1. The number of nitrogens with zero attached hydrogens (tertiary/aromatic N) is 5. The van der Waals surface area contributed by atoms with E-state index in [2.05, 4.69) is 16.7 Å². The molecule has 1 aromatic carbocycles. The van der Waals surface area contributed by atoms with Crippen LogP contribution in [0.15, 0.2) is 35.6 Å². The highest BCUT2D eigenvalue weighted by molar-refractivity contribution is 7.19. The maximum atomic E-state index is 12.7. The molecule has 1 amide bonds. The predicted octanol–water partition coefficient (Wildman–Crippen LogP) is 3.10. The Morgan fingerprint density at radius 3 is 2.62 bits per heavy atom. The van der Waals surface area contributed by atoms with Gasteiger partial charge in [-0.3, -0.25) is 4.79 Å². The summed E-state index contributed by atoms with van der Waals surface area (Å²) in [5.41, 5.74) is 7.45. The second-order valence-corrected chi connectivity index (χ2v) is 9.48. The number of anilines is 2. The first-order chi connectivity index (χ1) is 15.2. The number of ether oxygens (including phenoxy) is 1. The van der Waals surface area contributed by atoms with Crippen LogP contribution in [-0.2, 0) is 4.74 Å². The van der Waals surface area contributed by atoms with E-state index >= 15 is 0 Å². The predicted molar refractivity (Wildman–Crippen MR) is 127 cm³/mol. The topological polar surface area (TPSA) is 106 Å². The zero-order valence-corrected chi connectivity index (χ0v) is 19.2.